The number of ether oxygens (including phenoxy) is 1. The van der Waals surface area contributed by atoms with Crippen LogP contribution in [0.4, 0.5) is 0 Å². The summed E-state index contributed by atoms with van der Waals surface area (Å²) in [5.41, 5.74) is 0. The van der Waals surface area contributed by atoms with Gasteiger partial charge in [-0.25, -0.2) is 0 Å². The minimum Gasteiger partial charge on any atom is -0.379 e. The first-order chi connectivity index (χ1) is 7.27. The van der Waals surface area contributed by atoms with Crippen LogP contribution in [0, 0.1) is 0 Å². The largest absolute Gasteiger partial charge is 0.379 e. The van der Waals surface area contributed by atoms with Crippen LogP contribution in [0.2, 0.25) is 0 Å². The lowest BCUT2D eigenvalue weighted by Crippen LogP contribution is -2.50. The Morgan fingerprint density at radius 1 is 1.00 bits per heavy atom. The van der Waals surface area contributed by atoms with Crippen molar-refractivity contribution in [3.05, 3.63) is 0 Å². The fraction of sp³-hybridized carbons (Fsp3) is 1.00. The van der Waals surface area contributed by atoms with Crippen LogP contribution in [0.15, 0.2) is 0 Å². The lowest BCUT2D eigenvalue weighted by molar-refractivity contribution is -0.00175. The Morgan fingerprint density at radius 2 is 1.60 bits per heavy atom. The molecule has 0 bridgehead atoms. The maximum Gasteiger partial charge on any atom is 0.0594 e. The fourth-order valence-electron chi connectivity index (χ4n) is 2.71. The Morgan fingerprint density at radius 3 is 2.13 bits per heavy atom. The molecule has 2 aliphatic rings. The highest BCUT2D eigenvalue weighted by atomic mass is 16.5. The summed E-state index contributed by atoms with van der Waals surface area (Å²) in [7, 11) is 0. The van der Waals surface area contributed by atoms with E-state index in [1.54, 1.807) is 0 Å². The van der Waals surface area contributed by atoms with E-state index in [4.69, 9.17) is 4.74 Å². The molecule has 15 heavy (non-hydrogen) atoms. The van der Waals surface area contributed by atoms with E-state index in [1.165, 1.54) is 25.9 Å². The van der Waals surface area contributed by atoms with E-state index in [0.717, 1.165) is 38.4 Å². The summed E-state index contributed by atoms with van der Waals surface area (Å²) in [4.78, 5) is 5.22. The molecule has 0 N–H and O–H groups in total. The minimum absolute atomic E-state index is 0.718. The van der Waals surface area contributed by atoms with E-state index in [-0.39, 0.29) is 0 Å². The van der Waals surface area contributed by atoms with Gasteiger partial charge in [-0.3, -0.25) is 4.90 Å². The summed E-state index contributed by atoms with van der Waals surface area (Å²) in [6, 6.07) is 1.54. The molecule has 3 heteroatoms. The predicted octanol–water partition coefficient (Wildman–Crippen LogP) is 1.19. The van der Waals surface area contributed by atoms with Crippen molar-refractivity contribution in [2.24, 2.45) is 0 Å². The highest BCUT2D eigenvalue weighted by molar-refractivity contribution is 4.81. The number of piperidine rings is 1. The molecule has 0 amide bonds. The Kier molecular flexibility index (Phi) is 4.00. The van der Waals surface area contributed by atoms with Gasteiger partial charge in [0.2, 0.25) is 0 Å². The standard InChI is InChI=1S/C12H24N2O/c1-11(2)13-5-3-12(4-6-13)14-7-9-15-10-8-14/h11-12H,3-10H2,1-2H3. The Labute approximate surface area is 93.4 Å². The zero-order valence-electron chi connectivity index (χ0n) is 10.1. The lowest BCUT2D eigenvalue weighted by Gasteiger charge is -2.41. The first-order valence-electron chi connectivity index (χ1n) is 6.33. The Hall–Kier alpha value is -0.120. The zero-order valence-corrected chi connectivity index (χ0v) is 10.1. The Balaban J connectivity index is 1.77. The second kappa shape index (κ2) is 5.28. The summed E-state index contributed by atoms with van der Waals surface area (Å²) in [5, 5.41) is 0. The van der Waals surface area contributed by atoms with Crippen LogP contribution < -0.4 is 0 Å². The van der Waals surface area contributed by atoms with Gasteiger partial charge in [0, 0.05) is 25.2 Å². The highest BCUT2D eigenvalue weighted by Gasteiger charge is 2.26. The van der Waals surface area contributed by atoms with E-state index >= 15 is 0 Å². The Bertz CT molecular complexity index is 182. The second-order valence-electron chi connectivity index (χ2n) is 5.01. The first kappa shape index (κ1) is 11.4. The molecule has 2 fully saturated rings. The summed E-state index contributed by atoms with van der Waals surface area (Å²) >= 11 is 0. The van der Waals surface area contributed by atoms with Crippen molar-refractivity contribution in [1.82, 2.24) is 9.80 Å². The van der Waals surface area contributed by atoms with Crippen LogP contribution in [0.5, 0.6) is 0 Å². The lowest BCUT2D eigenvalue weighted by atomic mass is 10.0. The molecule has 2 rings (SSSR count). The maximum absolute atomic E-state index is 5.40. The molecule has 0 saturated carbocycles. The van der Waals surface area contributed by atoms with Gasteiger partial charge in [-0.2, -0.15) is 0 Å². The molecule has 0 spiro atoms. The molecule has 0 aromatic carbocycles. The molecular formula is C12H24N2O. The molecule has 3 nitrogen and oxygen atoms in total. The van der Waals surface area contributed by atoms with Crippen LogP contribution >= 0.6 is 0 Å². The SMILES string of the molecule is CC(C)N1CCC(N2CCOCC2)CC1. The molecule has 88 valence electrons. The van der Waals surface area contributed by atoms with Gasteiger partial charge < -0.3 is 9.64 Å². The molecule has 0 aliphatic carbocycles. The molecule has 0 atom stereocenters. The van der Waals surface area contributed by atoms with E-state index in [0.29, 0.717) is 0 Å². The third kappa shape index (κ3) is 2.92. The number of hydrogen-bond acceptors (Lipinski definition) is 3. The number of hydrogen-bond donors (Lipinski definition) is 0. The average Bonchev–Trinajstić information content (AvgIpc) is 2.30. The van der Waals surface area contributed by atoms with Gasteiger partial charge in [0.1, 0.15) is 0 Å². The minimum atomic E-state index is 0.718. The number of rotatable bonds is 2. The van der Waals surface area contributed by atoms with Crippen LogP contribution in [-0.2, 0) is 4.74 Å². The van der Waals surface area contributed by atoms with Crippen LogP contribution in [-0.4, -0.2) is 61.3 Å². The topological polar surface area (TPSA) is 15.7 Å². The molecule has 0 aromatic rings. The normalized spacial score (nSPS) is 27.4. The van der Waals surface area contributed by atoms with E-state index < -0.39 is 0 Å². The van der Waals surface area contributed by atoms with Crippen molar-refractivity contribution in [1.29, 1.82) is 0 Å². The zero-order chi connectivity index (χ0) is 10.7. The van der Waals surface area contributed by atoms with Gasteiger partial charge in [-0.1, -0.05) is 0 Å². The molecular weight excluding hydrogens is 188 g/mol. The van der Waals surface area contributed by atoms with Crippen molar-refractivity contribution in [3.63, 3.8) is 0 Å². The molecule has 0 aromatic heterocycles. The second-order valence-corrected chi connectivity index (χ2v) is 5.01. The van der Waals surface area contributed by atoms with Gasteiger partial charge in [0.25, 0.3) is 0 Å². The molecule has 0 radical (unpaired) electrons. The summed E-state index contributed by atoms with van der Waals surface area (Å²) < 4.78 is 5.40. The van der Waals surface area contributed by atoms with Crippen molar-refractivity contribution in [2.75, 3.05) is 39.4 Å². The van der Waals surface area contributed by atoms with Gasteiger partial charge in [0.15, 0.2) is 0 Å². The highest BCUT2D eigenvalue weighted by Crippen LogP contribution is 2.18. The average molecular weight is 212 g/mol. The van der Waals surface area contributed by atoms with Crippen molar-refractivity contribution in [3.8, 4) is 0 Å². The van der Waals surface area contributed by atoms with Crippen LogP contribution in [0.1, 0.15) is 26.7 Å². The monoisotopic (exact) mass is 212 g/mol. The van der Waals surface area contributed by atoms with Crippen LogP contribution in [0.25, 0.3) is 0 Å². The van der Waals surface area contributed by atoms with E-state index in [2.05, 4.69) is 23.6 Å². The van der Waals surface area contributed by atoms with Gasteiger partial charge in [-0.15, -0.1) is 0 Å². The first-order valence-corrected chi connectivity index (χ1v) is 6.33. The number of likely N-dealkylation sites (tertiary alicyclic amines) is 1. The summed E-state index contributed by atoms with van der Waals surface area (Å²) in [6.45, 7) is 11.3. The smallest absolute Gasteiger partial charge is 0.0594 e. The van der Waals surface area contributed by atoms with Crippen molar-refractivity contribution < 1.29 is 4.74 Å². The third-order valence-corrected chi connectivity index (χ3v) is 3.79. The maximum atomic E-state index is 5.40. The molecule has 2 aliphatic heterocycles. The fourth-order valence-corrected chi connectivity index (χ4v) is 2.71. The number of morpholine rings is 1. The molecule has 0 unspecified atom stereocenters. The number of nitrogens with zero attached hydrogens (tertiary/aromatic N) is 2. The van der Waals surface area contributed by atoms with E-state index in [9.17, 15) is 0 Å². The summed E-state index contributed by atoms with van der Waals surface area (Å²) in [5.74, 6) is 0. The quantitative estimate of drug-likeness (QED) is 0.684. The summed E-state index contributed by atoms with van der Waals surface area (Å²) in [6.07, 6.45) is 2.69. The van der Waals surface area contributed by atoms with Crippen molar-refractivity contribution in [2.45, 2.75) is 38.8 Å². The predicted molar refractivity (Wildman–Crippen MR) is 62.1 cm³/mol. The van der Waals surface area contributed by atoms with Crippen molar-refractivity contribution >= 4 is 0 Å². The molecule has 2 heterocycles. The van der Waals surface area contributed by atoms with E-state index in [1.807, 2.05) is 0 Å². The van der Waals surface area contributed by atoms with Gasteiger partial charge in [0.05, 0.1) is 13.2 Å². The molecule has 2 saturated heterocycles. The van der Waals surface area contributed by atoms with Crippen LogP contribution in [0.3, 0.4) is 0 Å². The van der Waals surface area contributed by atoms with Gasteiger partial charge in [-0.05, 0) is 39.8 Å². The van der Waals surface area contributed by atoms with Gasteiger partial charge >= 0.3 is 0 Å². The third-order valence-electron chi connectivity index (χ3n) is 3.79.